The molecule has 1 aliphatic carbocycles. The van der Waals surface area contributed by atoms with Crippen LogP contribution in [-0.2, 0) is 6.54 Å². The molecule has 0 N–H and O–H groups in total. The zero-order valence-corrected chi connectivity index (χ0v) is 14.6. The molecular formula is C18H24N4O2. The van der Waals surface area contributed by atoms with Gasteiger partial charge in [-0.1, -0.05) is 5.16 Å². The molecule has 2 aromatic heterocycles. The Kier molecular flexibility index (Phi) is 3.70. The van der Waals surface area contributed by atoms with Gasteiger partial charge in [0.05, 0.1) is 11.6 Å². The molecule has 128 valence electrons. The zero-order valence-electron chi connectivity index (χ0n) is 14.6. The summed E-state index contributed by atoms with van der Waals surface area (Å²) in [6, 6.07) is 1.97. The van der Waals surface area contributed by atoms with Gasteiger partial charge in [-0.2, -0.15) is 4.98 Å². The van der Waals surface area contributed by atoms with Crippen LogP contribution in [0.15, 0.2) is 10.6 Å². The molecule has 0 bridgehead atoms. The number of aryl methyl sites for hydroxylation is 2. The molecule has 2 aromatic rings. The monoisotopic (exact) mass is 328 g/mol. The van der Waals surface area contributed by atoms with Crippen molar-refractivity contribution in [2.24, 2.45) is 5.92 Å². The highest BCUT2D eigenvalue weighted by atomic mass is 16.5. The van der Waals surface area contributed by atoms with E-state index in [4.69, 9.17) is 4.52 Å². The van der Waals surface area contributed by atoms with E-state index in [1.165, 1.54) is 18.5 Å². The molecule has 1 saturated carbocycles. The molecule has 0 aromatic carbocycles. The van der Waals surface area contributed by atoms with E-state index in [0.29, 0.717) is 11.7 Å². The maximum Gasteiger partial charge on any atom is 0.256 e. The fourth-order valence-electron chi connectivity index (χ4n) is 3.74. The molecule has 6 nitrogen and oxygen atoms in total. The first kappa shape index (κ1) is 15.4. The summed E-state index contributed by atoms with van der Waals surface area (Å²) in [5, 5.41) is 4.03. The first-order valence-corrected chi connectivity index (χ1v) is 8.82. The van der Waals surface area contributed by atoms with Gasteiger partial charge in [0.2, 0.25) is 5.89 Å². The molecule has 1 aliphatic heterocycles. The summed E-state index contributed by atoms with van der Waals surface area (Å²) in [6.07, 6.45) is 4.49. The summed E-state index contributed by atoms with van der Waals surface area (Å²) in [6.45, 7) is 7.73. The van der Waals surface area contributed by atoms with Crippen molar-refractivity contribution in [3.8, 4) is 0 Å². The largest absolute Gasteiger partial charge is 0.348 e. The van der Waals surface area contributed by atoms with Crippen LogP contribution in [0.3, 0.4) is 0 Å². The topological polar surface area (TPSA) is 64.2 Å². The first-order valence-electron chi connectivity index (χ1n) is 8.82. The summed E-state index contributed by atoms with van der Waals surface area (Å²) < 4.78 is 7.41. The van der Waals surface area contributed by atoms with E-state index in [0.717, 1.165) is 43.1 Å². The van der Waals surface area contributed by atoms with Gasteiger partial charge in [-0.3, -0.25) is 4.79 Å². The highest BCUT2D eigenvalue weighted by Gasteiger charge is 2.35. The van der Waals surface area contributed by atoms with Crippen molar-refractivity contribution < 1.29 is 9.32 Å². The number of hydrogen-bond acceptors (Lipinski definition) is 4. The van der Waals surface area contributed by atoms with E-state index < -0.39 is 0 Å². The van der Waals surface area contributed by atoms with Crippen molar-refractivity contribution in [3.05, 3.63) is 34.7 Å². The minimum atomic E-state index is -0.0681. The molecule has 6 heteroatoms. The van der Waals surface area contributed by atoms with Gasteiger partial charge >= 0.3 is 0 Å². The van der Waals surface area contributed by atoms with Crippen LogP contribution in [0.1, 0.15) is 65.2 Å². The van der Waals surface area contributed by atoms with Crippen molar-refractivity contribution in [2.75, 3.05) is 6.54 Å². The molecule has 0 spiro atoms. The van der Waals surface area contributed by atoms with E-state index >= 15 is 0 Å². The normalized spacial score (nSPS) is 20.8. The molecule has 3 heterocycles. The van der Waals surface area contributed by atoms with Gasteiger partial charge in [-0.25, -0.2) is 0 Å². The van der Waals surface area contributed by atoms with Crippen LogP contribution in [0.25, 0.3) is 0 Å². The Balaban J connectivity index is 1.60. The van der Waals surface area contributed by atoms with Gasteiger partial charge in [0.1, 0.15) is 0 Å². The highest BCUT2D eigenvalue weighted by Crippen LogP contribution is 2.34. The smallest absolute Gasteiger partial charge is 0.256 e. The predicted octanol–water partition coefficient (Wildman–Crippen LogP) is 3.18. The molecule has 1 saturated heterocycles. The van der Waals surface area contributed by atoms with Crippen LogP contribution >= 0.6 is 0 Å². The Morgan fingerprint density at radius 3 is 2.75 bits per heavy atom. The Morgan fingerprint density at radius 2 is 2.08 bits per heavy atom. The average Bonchev–Trinajstić information content (AvgIpc) is 2.94. The third-order valence-electron chi connectivity index (χ3n) is 5.30. The van der Waals surface area contributed by atoms with E-state index in [-0.39, 0.29) is 11.9 Å². The minimum absolute atomic E-state index is 0.0681. The Hall–Kier alpha value is -2.11. The molecule has 2 fully saturated rings. The molecular weight excluding hydrogens is 304 g/mol. The summed E-state index contributed by atoms with van der Waals surface area (Å²) >= 11 is 0. The van der Waals surface area contributed by atoms with E-state index in [9.17, 15) is 4.79 Å². The van der Waals surface area contributed by atoms with E-state index in [2.05, 4.69) is 28.6 Å². The second kappa shape index (κ2) is 5.76. The van der Waals surface area contributed by atoms with Crippen molar-refractivity contribution in [3.63, 3.8) is 0 Å². The molecule has 1 amide bonds. The maximum absolute atomic E-state index is 13.2. The fraction of sp³-hybridized carbons (Fsp3) is 0.611. The third-order valence-corrected chi connectivity index (χ3v) is 5.30. The lowest BCUT2D eigenvalue weighted by atomic mass is 10.1. The van der Waals surface area contributed by atoms with Crippen molar-refractivity contribution in [1.82, 2.24) is 19.6 Å². The quantitative estimate of drug-likeness (QED) is 0.864. The number of likely N-dealkylation sites (tertiary alicyclic amines) is 1. The molecule has 0 radical (unpaired) electrons. The van der Waals surface area contributed by atoms with Crippen LogP contribution in [0, 0.1) is 26.7 Å². The standard InChI is InChI=1S/C18H24N4O2/c1-11-9-15(12(2)22(11)10-14-6-7-14)18(23)21-8-4-5-16(21)17-19-13(3)24-20-17/h9,14,16H,4-8,10H2,1-3H3/t16-/m0/s1. The Bertz CT molecular complexity index is 772. The molecule has 24 heavy (non-hydrogen) atoms. The lowest BCUT2D eigenvalue weighted by Crippen LogP contribution is -2.31. The summed E-state index contributed by atoms with van der Waals surface area (Å²) in [4.78, 5) is 19.4. The average molecular weight is 328 g/mol. The maximum atomic E-state index is 13.2. The van der Waals surface area contributed by atoms with Crippen LogP contribution in [-0.4, -0.2) is 32.1 Å². The predicted molar refractivity (Wildman–Crippen MR) is 88.7 cm³/mol. The van der Waals surface area contributed by atoms with E-state index in [1.54, 1.807) is 6.92 Å². The minimum Gasteiger partial charge on any atom is -0.348 e. The lowest BCUT2D eigenvalue weighted by Gasteiger charge is -2.22. The van der Waals surface area contributed by atoms with Gasteiger partial charge in [-0.15, -0.1) is 0 Å². The van der Waals surface area contributed by atoms with Gasteiger partial charge in [0.15, 0.2) is 5.82 Å². The van der Waals surface area contributed by atoms with Gasteiger partial charge < -0.3 is 14.0 Å². The van der Waals surface area contributed by atoms with Crippen molar-refractivity contribution in [2.45, 2.75) is 59.0 Å². The van der Waals surface area contributed by atoms with Crippen LogP contribution < -0.4 is 0 Å². The van der Waals surface area contributed by atoms with Crippen molar-refractivity contribution >= 4 is 5.91 Å². The van der Waals surface area contributed by atoms with Crippen LogP contribution in [0.2, 0.25) is 0 Å². The number of carbonyl (C=O) groups is 1. The Labute approximate surface area is 141 Å². The number of aromatic nitrogens is 3. The van der Waals surface area contributed by atoms with Gasteiger partial charge in [0.25, 0.3) is 5.91 Å². The second-order valence-electron chi connectivity index (χ2n) is 7.17. The van der Waals surface area contributed by atoms with Crippen LogP contribution in [0.5, 0.6) is 0 Å². The number of nitrogens with zero attached hydrogens (tertiary/aromatic N) is 4. The summed E-state index contributed by atoms with van der Waals surface area (Å²) in [5.41, 5.74) is 3.08. The number of amides is 1. The number of carbonyl (C=O) groups excluding carboxylic acids is 1. The van der Waals surface area contributed by atoms with Gasteiger partial charge in [-0.05, 0) is 51.5 Å². The van der Waals surface area contributed by atoms with Gasteiger partial charge in [0, 0.05) is 31.4 Å². The molecule has 2 aliphatic rings. The SMILES string of the molecule is Cc1nc([C@@H]2CCCN2C(=O)c2cc(C)n(CC3CC3)c2C)no1. The number of rotatable bonds is 4. The molecule has 0 unspecified atom stereocenters. The first-order chi connectivity index (χ1) is 11.5. The van der Waals surface area contributed by atoms with Crippen molar-refractivity contribution in [1.29, 1.82) is 0 Å². The fourth-order valence-corrected chi connectivity index (χ4v) is 3.74. The summed E-state index contributed by atoms with van der Waals surface area (Å²) in [7, 11) is 0. The number of hydrogen-bond donors (Lipinski definition) is 0. The zero-order chi connectivity index (χ0) is 16.8. The molecule has 1 atom stereocenters. The Morgan fingerprint density at radius 1 is 1.29 bits per heavy atom. The van der Waals surface area contributed by atoms with Crippen LogP contribution in [0.4, 0.5) is 0 Å². The highest BCUT2D eigenvalue weighted by molar-refractivity contribution is 5.96. The van der Waals surface area contributed by atoms with E-state index in [1.807, 2.05) is 11.0 Å². The second-order valence-corrected chi connectivity index (χ2v) is 7.17. The summed E-state index contributed by atoms with van der Waals surface area (Å²) in [5.74, 6) is 2.06. The third kappa shape index (κ3) is 2.64. The molecule has 4 rings (SSSR count). The lowest BCUT2D eigenvalue weighted by molar-refractivity contribution is 0.0727.